The van der Waals surface area contributed by atoms with Gasteiger partial charge in [0.25, 0.3) is 6.29 Å². The number of aromatic nitrogens is 2. The van der Waals surface area contributed by atoms with E-state index in [1.54, 1.807) is 6.20 Å². The van der Waals surface area contributed by atoms with Gasteiger partial charge in [-0.3, -0.25) is 4.79 Å². The SMILES string of the molecule is CC[n+]1cn(C)cc1[C]=O. The summed E-state index contributed by atoms with van der Waals surface area (Å²) in [4.78, 5) is 10.2. The molecule has 0 aliphatic carbocycles. The zero-order chi connectivity index (χ0) is 7.56. The highest BCUT2D eigenvalue weighted by Gasteiger charge is 2.07. The monoisotopic (exact) mass is 138 g/mol. The van der Waals surface area contributed by atoms with Crippen molar-refractivity contribution in [3.63, 3.8) is 0 Å². The van der Waals surface area contributed by atoms with Crippen molar-refractivity contribution >= 4 is 6.29 Å². The molecular weight excluding hydrogens is 128 g/mol. The molecule has 0 atom stereocenters. The summed E-state index contributed by atoms with van der Waals surface area (Å²) >= 11 is 0. The fourth-order valence-electron chi connectivity index (χ4n) is 0.919. The number of nitrogens with zero attached hydrogens (tertiary/aromatic N) is 2. The van der Waals surface area contributed by atoms with Crippen molar-refractivity contribution in [3.05, 3.63) is 18.2 Å². The molecule has 1 aromatic rings. The topological polar surface area (TPSA) is 25.9 Å². The molecule has 0 fully saturated rings. The van der Waals surface area contributed by atoms with Crippen molar-refractivity contribution in [2.24, 2.45) is 7.05 Å². The molecule has 0 amide bonds. The number of hydrogen-bond donors (Lipinski definition) is 0. The van der Waals surface area contributed by atoms with Crippen LogP contribution in [-0.2, 0) is 18.4 Å². The molecule has 0 aromatic carbocycles. The van der Waals surface area contributed by atoms with Crippen LogP contribution in [0.25, 0.3) is 0 Å². The molecule has 0 spiro atoms. The van der Waals surface area contributed by atoms with Crippen molar-refractivity contribution in [2.45, 2.75) is 13.5 Å². The smallest absolute Gasteiger partial charge is 0.280 e. The van der Waals surface area contributed by atoms with Gasteiger partial charge in [0, 0.05) is 0 Å². The predicted octanol–water partition coefficient (Wildman–Crippen LogP) is -0.210. The van der Waals surface area contributed by atoms with E-state index in [4.69, 9.17) is 0 Å². The summed E-state index contributed by atoms with van der Waals surface area (Å²) in [7, 11) is 1.88. The second-order valence-corrected chi connectivity index (χ2v) is 2.18. The molecule has 0 saturated heterocycles. The number of aryl methyl sites for hydroxylation is 2. The summed E-state index contributed by atoms with van der Waals surface area (Å²) < 4.78 is 3.68. The molecule has 0 aliphatic rings. The Hall–Kier alpha value is -1.12. The number of imidazole rings is 1. The molecule has 53 valence electrons. The number of hydrogen-bond acceptors (Lipinski definition) is 1. The Morgan fingerprint density at radius 2 is 2.50 bits per heavy atom. The second kappa shape index (κ2) is 2.64. The molecule has 0 aliphatic heterocycles. The maximum atomic E-state index is 10.2. The van der Waals surface area contributed by atoms with Gasteiger partial charge in [0.15, 0.2) is 0 Å². The van der Waals surface area contributed by atoms with E-state index in [0.29, 0.717) is 5.69 Å². The van der Waals surface area contributed by atoms with Crippen LogP contribution in [0.15, 0.2) is 12.5 Å². The highest BCUT2D eigenvalue weighted by Crippen LogP contribution is 1.85. The average molecular weight is 138 g/mol. The summed E-state index contributed by atoms with van der Waals surface area (Å²) in [6.45, 7) is 2.80. The standard InChI is InChI=1S/C7H10N2O/c1-3-9-6-8(2)4-7(9)5-10/h4,6H,3H2,1-2H3/q+1. The van der Waals surface area contributed by atoms with Gasteiger partial charge in [0.2, 0.25) is 12.0 Å². The normalized spacial score (nSPS) is 9.80. The Kier molecular flexibility index (Phi) is 1.85. The fraction of sp³-hybridized carbons (Fsp3) is 0.429. The van der Waals surface area contributed by atoms with E-state index in [9.17, 15) is 4.79 Å². The molecule has 1 rings (SSSR count). The van der Waals surface area contributed by atoms with E-state index in [2.05, 4.69) is 0 Å². The zero-order valence-corrected chi connectivity index (χ0v) is 6.16. The first-order chi connectivity index (χ1) is 4.77. The predicted molar refractivity (Wildman–Crippen MR) is 36.1 cm³/mol. The molecule has 1 aromatic heterocycles. The van der Waals surface area contributed by atoms with Crippen LogP contribution in [0.3, 0.4) is 0 Å². The maximum absolute atomic E-state index is 10.2. The summed E-state index contributed by atoms with van der Waals surface area (Å²) in [5.74, 6) is 0. The van der Waals surface area contributed by atoms with Crippen LogP contribution in [0, 0.1) is 0 Å². The zero-order valence-electron chi connectivity index (χ0n) is 6.16. The third kappa shape index (κ3) is 1.07. The quantitative estimate of drug-likeness (QED) is 0.519. The van der Waals surface area contributed by atoms with Crippen LogP contribution < -0.4 is 4.57 Å². The van der Waals surface area contributed by atoms with Gasteiger partial charge >= 0.3 is 0 Å². The molecule has 1 heterocycles. The van der Waals surface area contributed by atoms with Gasteiger partial charge in [0.05, 0.1) is 13.6 Å². The van der Waals surface area contributed by atoms with E-state index < -0.39 is 0 Å². The molecule has 0 bridgehead atoms. The first kappa shape index (κ1) is 6.99. The highest BCUT2D eigenvalue weighted by atomic mass is 16.1. The third-order valence-corrected chi connectivity index (χ3v) is 1.40. The van der Waals surface area contributed by atoms with Gasteiger partial charge in [-0.25, -0.2) is 9.13 Å². The Balaban J connectivity index is 3.08. The van der Waals surface area contributed by atoms with E-state index in [1.807, 2.05) is 35.7 Å². The minimum atomic E-state index is 0.602. The van der Waals surface area contributed by atoms with Gasteiger partial charge in [-0.2, -0.15) is 0 Å². The molecular formula is C7H10N2O+. The first-order valence-corrected chi connectivity index (χ1v) is 3.21. The minimum Gasteiger partial charge on any atom is -0.280 e. The fourth-order valence-corrected chi connectivity index (χ4v) is 0.919. The summed E-state index contributed by atoms with van der Waals surface area (Å²) in [6, 6.07) is 0. The lowest BCUT2D eigenvalue weighted by molar-refractivity contribution is -0.694. The van der Waals surface area contributed by atoms with Gasteiger partial charge in [-0.1, -0.05) is 0 Å². The Morgan fingerprint density at radius 3 is 2.90 bits per heavy atom. The maximum Gasteiger partial charge on any atom is 0.280 e. The van der Waals surface area contributed by atoms with Gasteiger partial charge in [0.1, 0.15) is 6.20 Å². The lowest BCUT2D eigenvalue weighted by Crippen LogP contribution is -2.34. The molecule has 1 radical (unpaired) electrons. The van der Waals surface area contributed by atoms with Crippen LogP contribution in [-0.4, -0.2) is 10.9 Å². The molecule has 10 heavy (non-hydrogen) atoms. The number of rotatable bonds is 2. The largest absolute Gasteiger partial charge is 0.280 e. The first-order valence-electron chi connectivity index (χ1n) is 3.21. The van der Waals surface area contributed by atoms with Crippen LogP contribution >= 0.6 is 0 Å². The summed E-state index contributed by atoms with van der Waals surface area (Å²) in [5.41, 5.74) is 0.602. The third-order valence-electron chi connectivity index (χ3n) is 1.40. The molecule has 0 saturated carbocycles. The van der Waals surface area contributed by atoms with Crippen LogP contribution in [0.4, 0.5) is 0 Å². The lowest BCUT2D eigenvalue weighted by atomic mass is 10.5. The Morgan fingerprint density at radius 1 is 1.80 bits per heavy atom. The van der Waals surface area contributed by atoms with E-state index in [-0.39, 0.29) is 0 Å². The molecule has 0 N–H and O–H groups in total. The number of carbonyl (C=O) groups excluding carboxylic acids is 1. The van der Waals surface area contributed by atoms with Crippen molar-refractivity contribution < 1.29 is 9.36 Å². The van der Waals surface area contributed by atoms with Crippen LogP contribution in [0.2, 0.25) is 0 Å². The lowest BCUT2D eigenvalue weighted by Gasteiger charge is -1.85. The summed E-state index contributed by atoms with van der Waals surface area (Å²) in [6.07, 6.45) is 5.47. The van der Waals surface area contributed by atoms with Crippen molar-refractivity contribution in [1.82, 2.24) is 4.57 Å². The highest BCUT2D eigenvalue weighted by molar-refractivity contribution is 5.69. The van der Waals surface area contributed by atoms with Gasteiger partial charge in [-0.15, -0.1) is 0 Å². The second-order valence-electron chi connectivity index (χ2n) is 2.18. The van der Waals surface area contributed by atoms with E-state index in [1.165, 1.54) is 0 Å². The van der Waals surface area contributed by atoms with E-state index >= 15 is 0 Å². The van der Waals surface area contributed by atoms with Crippen LogP contribution in [0.1, 0.15) is 12.6 Å². The average Bonchev–Trinajstić information content (AvgIpc) is 2.30. The van der Waals surface area contributed by atoms with Crippen LogP contribution in [0.5, 0.6) is 0 Å². The minimum absolute atomic E-state index is 0.602. The van der Waals surface area contributed by atoms with Crippen molar-refractivity contribution in [2.75, 3.05) is 0 Å². The van der Waals surface area contributed by atoms with Crippen molar-refractivity contribution in [1.29, 1.82) is 0 Å². The van der Waals surface area contributed by atoms with Crippen molar-refractivity contribution in [3.8, 4) is 0 Å². The van der Waals surface area contributed by atoms with Gasteiger partial charge < -0.3 is 0 Å². The Labute approximate surface area is 59.9 Å². The summed E-state index contributed by atoms with van der Waals surface area (Å²) in [5, 5.41) is 0. The molecule has 0 unspecified atom stereocenters. The van der Waals surface area contributed by atoms with E-state index in [0.717, 1.165) is 6.54 Å². The molecule has 3 nitrogen and oxygen atoms in total. The van der Waals surface area contributed by atoms with Gasteiger partial charge in [-0.05, 0) is 6.92 Å². The Bertz CT molecular complexity index is 240. The molecule has 3 heteroatoms.